The van der Waals surface area contributed by atoms with Crippen LogP contribution in [0.3, 0.4) is 0 Å². The van der Waals surface area contributed by atoms with Crippen LogP contribution in [-0.2, 0) is 6.42 Å². The van der Waals surface area contributed by atoms with Crippen LogP contribution >= 0.6 is 0 Å². The highest BCUT2D eigenvalue weighted by molar-refractivity contribution is 5.90. The number of anilines is 1. The number of benzene rings is 1. The second kappa shape index (κ2) is 13.0. The molecule has 7 nitrogen and oxygen atoms in total. The van der Waals surface area contributed by atoms with Gasteiger partial charge >= 0.3 is 0 Å². The average Bonchev–Trinajstić information content (AvgIpc) is 3.00. The van der Waals surface area contributed by atoms with E-state index in [4.69, 9.17) is 9.72 Å². The van der Waals surface area contributed by atoms with Crippen LogP contribution in [-0.4, -0.2) is 66.2 Å². The summed E-state index contributed by atoms with van der Waals surface area (Å²) >= 11 is 0. The van der Waals surface area contributed by atoms with Crippen LogP contribution in [0.15, 0.2) is 36.5 Å². The number of pyridine rings is 2. The molecule has 2 fully saturated rings. The molecule has 2 aromatic heterocycles. The molecular formula is C32H42F2N4O3. The number of aliphatic hydroxyl groups excluding tert-OH is 2. The number of ether oxygens (including phenoxy) is 1. The van der Waals surface area contributed by atoms with E-state index in [0.717, 1.165) is 80.4 Å². The zero-order valence-electron chi connectivity index (χ0n) is 24.1. The Kier molecular flexibility index (Phi) is 9.36. The van der Waals surface area contributed by atoms with Crippen LogP contribution in [0.2, 0.25) is 0 Å². The van der Waals surface area contributed by atoms with Crippen molar-refractivity contribution < 1.29 is 23.7 Å². The largest absolute Gasteiger partial charge is 0.481 e. The normalized spacial score (nSPS) is 23.4. The summed E-state index contributed by atoms with van der Waals surface area (Å²) in [4.78, 5) is 11.7. The second-order valence-electron chi connectivity index (χ2n) is 11.7. The third-order valence-corrected chi connectivity index (χ3v) is 9.47. The molecule has 3 heterocycles. The van der Waals surface area contributed by atoms with Crippen molar-refractivity contribution >= 4 is 16.7 Å². The van der Waals surface area contributed by atoms with E-state index in [1.54, 1.807) is 13.3 Å². The number of fused-ring (bicyclic) bond motifs is 2. The van der Waals surface area contributed by atoms with Crippen LogP contribution in [0.1, 0.15) is 62.5 Å². The average molecular weight is 569 g/mol. The van der Waals surface area contributed by atoms with Gasteiger partial charge in [-0.3, -0.25) is 4.98 Å². The number of halogens is 2. The zero-order chi connectivity index (χ0) is 29.0. The Hall–Kier alpha value is -2.88. The van der Waals surface area contributed by atoms with Crippen molar-refractivity contribution in [3.63, 3.8) is 0 Å². The Balaban J connectivity index is 1.26. The minimum atomic E-state index is -0.396. The van der Waals surface area contributed by atoms with Gasteiger partial charge in [0.1, 0.15) is 17.2 Å². The minimum Gasteiger partial charge on any atom is -0.481 e. The van der Waals surface area contributed by atoms with Crippen molar-refractivity contribution in [1.82, 2.24) is 15.3 Å². The van der Waals surface area contributed by atoms with Crippen LogP contribution in [0, 0.1) is 23.0 Å². The maximum Gasteiger partial charge on any atom is 0.213 e. The first kappa shape index (κ1) is 29.6. The molecule has 5 rings (SSSR count). The summed E-state index contributed by atoms with van der Waals surface area (Å²) in [5, 5.41) is 24.0. The molecule has 4 unspecified atom stereocenters. The fraction of sp³-hybridized carbons (Fsp3) is 0.562. The molecule has 41 heavy (non-hydrogen) atoms. The summed E-state index contributed by atoms with van der Waals surface area (Å²) in [5.74, 6) is 0.127. The predicted octanol–water partition coefficient (Wildman–Crippen LogP) is 4.98. The van der Waals surface area contributed by atoms with Crippen molar-refractivity contribution in [2.75, 3.05) is 44.9 Å². The van der Waals surface area contributed by atoms with E-state index in [1.807, 2.05) is 19.1 Å². The number of hydrogen-bond donors (Lipinski definition) is 3. The number of rotatable bonds is 11. The summed E-state index contributed by atoms with van der Waals surface area (Å²) < 4.78 is 33.6. The van der Waals surface area contributed by atoms with Crippen LogP contribution in [0.25, 0.3) is 11.0 Å². The molecule has 1 aliphatic heterocycles. The highest BCUT2D eigenvalue weighted by Crippen LogP contribution is 2.47. The van der Waals surface area contributed by atoms with Gasteiger partial charge in [0.15, 0.2) is 0 Å². The quantitative estimate of drug-likeness (QED) is 0.301. The number of methoxy groups -OCH3 is 1. The number of aliphatic hydroxyl groups is 2. The molecule has 3 aromatic rings. The van der Waals surface area contributed by atoms with Crippen molar-refractivity contribution in [2.24, 2.45) is 11.3 Å². The van der Waals surface area contributed by atoms with Crippen LogP contribution in [0.5, 0.6) is 5.88 Å². The molecule has 3 N–H and O–H groups in total. The van der Waals surface area contributed by atoms with Gasteiger partial charge in [0, 0.05) is 43.4 Å². The minimum absolute atomic E-state index is 0.0171. The van der Waals surface area contributed by atoms with Crippen molar-refractivity contribution in [2.45, 2.75) is 63.8 Å². The van der Waals surface area contributed by atoms with Gasteiger partial charge in [0.25, 0.3) is 0 Å². The molecule has 4 atom stereocenters. The molecule has 2 aliphatic rings. The Morgan fingerprint density at radius 2 is 2.02 bits per heavy atom. The number of aromatic nitrogens is 2. The second-order valence-corrected chi connectivity index (χ2v) is 11.7. The molecule has 222 valence electrons. The van der Waals surface area contributed by atoms with Gasteiger partial charge in [-0.1, -0.05) is 6.92 Å². The summed E-state index contributed by atoms with van der Waals surface area (Å²) in [6.07, 6.45) is 7.59. The van der Waals surface area contributed by atoms with Gasteiger partial charge in [0.2, 0.25) is 5.88 Å². The molecule has 1 aliphatic carbocycles. The maximum absolute atomic E-state index is 14.3. The van der Waals surface area contributed by atoms with Gasteiger partial charge < -0.3 is 25.2 Å². The van der Waals surface area contributed by atoms with Gasteiger partial charge in [0.05, 0.1) is 24.9 Å². The highest BCUT2D eigenvalue weighted by Gasteiger charge is 2.47. The van der Waals surface area contributed by atoms with E-state index in [1.165, 1.54) is 18.2 Å². The molecule has 0 amide bonds. The van der Waals surface area contributed by atoms with E-state index in [9.17, 15) is 19.0 Å². The molecule has 0 spiro atoms. The molecule has 1 saturated heterocycles. The summed E-state index contributed by atoms with van der Waals surface area (Å²) in [7, 11) is 1.59. The third-order valence-electron chi connectivity index (χ3n) is 9.47. The molecular weight excluding hydrogens is 526 g/mol. The summed E-state index contributed by atoms with van der Waals surface area (Å²) in [5.41, 5.74) is 3.68. The first-order valence-electron chi connectivity index (χ1n) is 14.9. The van der Waals surface area contributed by atoms with E-state index < -0.39 is 5.82 Å². The smallest absolute Gasteiger partial charge is 0.213 e. The van der Waals surface area contributed by atoms with E-state index >= 15 is 0 Å². The van der Waals surface area contributed by atoms with Crippen molar-refractivity contribution in [1.29, 1.82) is 0 Å². The monoisotopic (exact) mass is 568 g/mol. The molecule has 1 aromatic carbocycles. The van der Waals surface area contributed by atoms with Gasteiger partial charge in [-0.05, 0) is 98.7 Å². The van der Waals surface area contributed by atoms with Gasteiger partial charge in [-0.15, -0.1) is 0 Å². The molecule has 9 heteroatoms. The van der Waals surface area contributed by atoms with Crippen molar-refractivity contribution in [3.05, 3.63) is 59.3 Å². The fourth-order valence-electron chi connectivity index (χ4n) is 7.12. The SMILES string of the molecule is CCC(CCNC1CCC2(CO)CN(c3ccnc4c(CCO)cc(OC)nc34)CCC2C1)c1cc(F)ccc1F. The topological polar surface area (TPSA) is 90.7 Å². The molecule has 0 bridgehead atoms. The Morgan fingerprint density at radius 1 is 1.17 bits per heavy atom. The van der Waals surface area contributed by atoms with E-state index in [-0.39, 0.29) is 30.4 Å². The lowest BCUT2D eigenvalue weighted by molar-refractivity contribution is 0.00144. The summed E-state index contributed by atoms with van der Waals surface area (Å²) in [6, 6.07) is 7.89. The van der Waals surface area contributed by atoms with Gasteiger partial charge in [-0.2, -0.15) is 0 Å². The third kappa shape index (κ3) is 6.17. The number of nitrogens with one attached hydrogen (secondary N) is 1. The van der Waals surface area contributed by atoms with Crippen LogP contribution < -0.4 is 15.0 Å². The maximum atomic E-state index is 14.3. The fourth-order valence-corrected chi connectivity index (χ4v) is 7.12. The predicted molar refractivity (Wildman–Crippen MR) is 156 cm³/mol. The van der Waals surface area contributed by atoms with Crippen molar-refractivity contribution in [3.8, 4) is 5.88 Å². The molecule has 1 saturated carbocycles. The Bertz CT molecular complexity index is 1340. The lowest BCUT2D eigenvalue weighted by atomic mass is 9.62. The molecule has 0 radical (unpaired) electrons. The van der Waals surface area contributed by atoms with Gasteiger partial charge in [-0.25, -0.2) is 13.8 Å². The number of piperidine rings is 1. The highest BCUT2D eigenvalue weighted by atomic mass is 19.1. The summed E-state index contributed by atoms with van der Waals surface area (Å²) in [6.45, 7) is 4.51. The Morgan fingerprint density at radius 3 is 2.78 bits per heavy atom. The first-order chi connectivity index (χ1) is 19.9. The Labute approximate surface area is 241 Å². The number of hydrogen-bond acceptors (Lipinski definition) is 7. The van der Waals surface area contributed by atoms with Crippen LogP contribution in [0.4, 0.5) is 14.5 Å². The lowest BCUT2D eigenvalue weighted by Gasteiger charge is -2.52. The lowest BCUT2D eigenvalue weighted by Crippen LogP contribution is -2.55. The van der Waals surface area contributed by atoms with E-state index in [2.05, 4.69) is 15.2 Å². The van der Waals surface area contributed by atoms with E-state index in [0.29, 0.717) is 29.8 Å². The number of nitrogens with zero attached hydrogens (tertiary/aromatic N) is 3. The standard InChI is InChI=1S/C32H42F2N4O3/c1-3-21(26-18-24(33)4-5-27(26)34)7-12-35-25-6-11-32(20-40)19-38(14-9-23(32)17-25)28-8-13-36-30-22(10-15-39)16-29(41-2)37-31(28)30/h4-5,8,13,16,18,21,23,25,35,39-40H,3,6-7,9-12,14-15,17,19-20H2,1-2H3. The zero-order valence-corrected chi connectivity index (χ0v) is 24.1. The first-order valence-corrected chi connectivity index (χ1v) is 14.9.